The van der Waals surface area contributed by atoms with Crippen molar-refractivity contribution in [3.8, 4) is 0 Å². The molecular formula is C7H14O3S2. The first kappa shape index (κ1) is 10.2. The maximum Gasteiger partial charge on any atom is 0.196 e. The van der Waals surface area contributed by atoms with E-state index < -0.39 is 0 Å². The van der Waals surface area contributed by atoms with Crippen LogP contribution in [0.25, 0.3) is 0 Å². The van der Waals surface area contributed by atoms with Gasteiger partial charge in [-0.1, -0.05) is 0 Å². The summed E-state index contributed by atoms with van der Waals surface area (Å²) >= 11 is 5.48. The van der Waals surface area contributed by atoms with Crippen LogP contribution in [0.4, 0.5) is 0 Å². The van der Waals surface area contributed by atoms with Crippen molar-refractivity contribution in [2.24, 2.45) is 0 Å². The second-order valence-electron chi connectivity index (χ2n) is 2.42. The molecule has 0 aliphatic carbocycles. The predicted octanol–water partition coefficient (Wildman–Crippen LogP) is 0.531. The highest BCUT2D eigenvalue weighted by Gasteiger charge is 2.14. The van der Waals surface area contributed by atoms with E-state index in [-0.39, 0.29) is 6.10 Å². The van der Waals surface area contributed by atoms with Gasteiger partial charge in [-0.3, -0.25) is 0 Å². The Labute approximate surface area is 81.7 Å². The molecule has 72 valence electrons. The Balaban J connectivity index is 2.09. The lowest BCUT2D eigenvalue weighted by Crippen LogP contribution is -2.32. The predicted molar refractivity (Wildman–Crippen MR) is 55.4 cm³/mol. The normalized spacial score (nSPS) is 25.2. The molecule has 0 bridgehead atoms. The van der Waals surface area contributed by atoms with E-state index in [0.29, 0.717) is 42.6 Å². The SMILES string of the molecule is C[SH2]C(=S)OC[C@H]1COCCO1. The summed E-state index contributed by atoms with van der Waals surface area (Å²) < 4.78 is 16.5. The smallest absolute Gasteiger partial charge is 0.196 e. The second-order valence-corrected chi connectivity index (χ2v) is 4.10. The highest BCUT2D eigenvalue weighted by Crippen LogP contribution is 2.05. The van der Waals surface area contributed by atoms with Crippen LogP contribution in [0.1, 0.15) is 0 Å². The van der Waals surface area contributed by atoms with Crippen LogP contribution in [-0.4, -0.2) is 43.2 Å². The van der Waals surface area contributed by atoms with Gasteiger partial charge in [0, 0.05) is 0 Å². The molecule has 0 radical (unpaired) electrons. The third-order valence-corrected chi connectivity index (χ3v) is 2.77. The fourth-order valence-corrected chi connectivity index (χ4v) is 1.17. The summed E-state index contributed by atoms with van der Waals surface area (Å²) in [6.45, 7) is 2.50. The summed E-state index contributed by atoms with van der Waals surface area (Å²) in [5.41, 5.74) is 0. The van der Waals surface area contributed by atoms with Crippen molar-refractivity contribution in [3.63, 3.8) is 0 Å². The fraction of sp³-hybridized carbons (Fsp3) is 0.857. The zero-order chi connectivity index (χ0) is 8.81. The topological polar surface area (TPSA) is 27.7 Å². The van der Waals surface area contributed by atoms with Gasteiger partial charge in [-0.25, -0.2) is 0 Å². The maximum absolute atomic E-state index is 5.37. The van der Waals surface area contributed by atoms with Gasteiger partial charge in [0.2, 0.25) is 0 Å². The van der Waals surface area contributed by atoms with Crippen LogP contribution in [0.3, 0.4) is 0 Å². The molecule has 0 aromatic heterocycles. The lowest BCUT2D eigenvalue weighted by molar-refractivity contribution is -0.102. The number of rotatable bonds is 2. The molecule has 0 aromatic carbocycles. The molecule has 12 heavy (non-hydrogen) atoms. The number of hydrogen-bond acceptors (Lipinski definition) is 4. The van der Waals surface area contributed by atoms with Crippen molar-refractivity contribution in [2.45, 2.75) is 6.10 Å². The van der Waals surface area contributed by atoms with E-state index in [0.717, 1.165) is 0 Å². The first-order valence-corrected chi connectivity index (χ1v) is 5.77. The molecular weight excluding hydrogens is 196 g/mol. The third-order valence-electron chi connectivity index (χ3n) is 1.49. The Morgan fingerprint density at radius 2 is 2.50 bits per heavy atom. The molecule has 1 saturated heterocycles. The Kier molecular flexibility index (Phi) is 4.90. The molecule has 3 nitrogen and oxygen atoms in total. The number of ether oxygens (including phenoxy) is 3. The van der Waals surface area contributed by atoms with Crippen LogP contribution in [0.15, 0.2) is 0 Å². The van der Waals surface area contributed by atoms with Gasteiger partial charge in [0.1, 0.15) is 12.7 Å². The monoisotopic (exact) mass is 210 g/mol. The van der Waals surface area contributed by atoms with Gasteiger partial charge in [-0.15, -0.1) is 0 Å². The van der Waals surface area contributed by atoms with Crippen molar-refractivity contribution in [1.29, 1.82) is 0 Å². The Morgan fingerprint density at radius 3 is 3.08 bits per heavy atom. The summed E-state index contributed by atoms with van der Waals surface area (Å²) in [6, 6.07) is 0. The minimum atomic E-state index is 0.0630. The van der Waals surface area contributed by atoms with E-state index in [4.69, 9.17) is 26.4 Å². The van der Waals surface area contributed by atoms with Gasteiger partial charge in [0.25, 0.3) is 0 Å². The average molecular weight is 210 g/mol. The van der Waals surface area contributed by atoms with E-state index in [1.807, 2.05) is 6.26 Å². The van der Waals surface area contributed by atoms with Crippen LogP contribution in [0.2, 0.25) is 0 Å². The molecule has 1 rings (SSSR count). The summed E-state index contributed by atoms with van der Waals surface area (Å²) in [5, 5.41) is 0. The molecule has 1 aliphatic rings. The van der Waals surface area contributed by atoms with Crippen molar-refractivity contribution in [3.05, 3.63) is 0 Å². The quantitative estimate of drug-likeness (QED) is 0.622. The number of thiocarbonyl (C=S) groups is 1. The van der Waals surface area contributed by atoms with Crippen molar-refractivity contribution in [1.82, 2.24) is 0 Å². The van der Waals surface area contributed by atoms with Gasteiger partial charge < -0.3 is 14.2 Å². The summed E-state index contributed by atoms with van der Waals surface area (Å²) in [7, 11) is 0. The summed E-state index contributed by atoms with van der Waals surface area (Å²) in [5.74, 6) is 0. The zero-order valence-corrected chi connectivity index (χ0v) is 8.86. The minimum Gasteiger partial charge on any atom is -0.477 e. The molecule has 1 heterocycles. The molecule has 0 aromatic rings. The molecule has 0 spiro atoms. The Morgan fingerprint density at radius 1 is 1.67 bits per heavy atom. The van der Waals surface area contributed by atoms with Gasteiger partial charge in [-0.2, -0.15) is 11.8 Å². The zero-order valence-electron chi connectivity index (χ0n) is 7.04. The van der Waals surface area contributed by atoms with Crippen LogP contribution in [0.5, 0.6) is 0 Å². The molecule has 5 heteroatoms. The van der Waals surface area contributed by atoms with Crippen LogP contribution in [-0.2, 0) is 14.2 Å². The fourth-order valence-electron chi connectivity index (χ4n) is 0.874. The third kappa shape index (κ3) is 3.71. The highest BCUT2D eigenvalue weighted by atomic mass is 32.2. The number of hydrogen-bond donors (Lipinski definition) is 0. The lowest BCUT2D eigenvalue weighted by atomic mass is 10.4. The lowest BCUT2D eigenvalue weighted by Gasteiger charge is -2.22. The van der Waals surface area contributed by atoms with Gasteiger partial charge >= 0.3 is 0 Å². The Hall–Kier alpha value is 0.160. The maximum atomic E-state index is 5.37. The van der Waals surface area contributed by atoms with E-state index in [1.165, 1.54) is 0 Å². The van der Waals surface area contributed by atoms with Crippen molar-refractivity contribution >= 4 is 28.4 Å². The molecule has 0 N–H and O–H groups in total. The average Bonchev–Trinajstić information content (AvgIpc) is 2.16. The van der Waals surface area contributed by atoms with Crippen LogP contribution < -0.4 is 0 Å². The Bertz CT molecular complexity index is 146. The highest BCUT2D eigenvalue weighted by molar-refractivity contribution is 8.22. The molecule has 1 fully saturated rings. The summed E-state index contributed by atoms with van der Waals surface area (Å²) in [6.07, 6.45) is 2.06. The van der Waals surface area contributed by atoms with Crippen LogP contribution >= 0.6 is 24.0 Å². The molecule has 0 amide bonds. The first-order valence-electron chi connectivity index (χ1n) is 3.87. The van der Waals surface area contributed by atoms with E-state index in [9.17, 15) is 0 Å². The minimum absolute atomic E-state index is 0.0630. The molecule has 0 saturated carbocycles. The van der Waals surface area contributed by atoms with Gasteiger partial charge in [-0.05, 0) is 18.5 Å². The van der Waals surface area contributed by atoms with Crippen molar-refractivity contribution < 1.29 is 14.2 Å². The van der Waals surface area contributed by atoms with Gasteiger partial charge in [0.15, 0.2) is 4.38 Å². The first-order chi connectivity index (χ1) is 5.83. The van der Waals surface area contributed by atoms with Crippen LogP contribution in [0, 0.1) is 0 Å². The molecule has 1 aliphatic heterocycles. The van der Waals surface area contributed by atoms with E-state index in [1.54, 1.807) is 0 Å². The van der Waals surface area contributed by atoms with Crippen molar-refractivity contribution in [2.75, 3.05) is 32.7 Å². The summed E-state index contributed by atoms with van der Waals surface area (Å²) in [4.78, 5) is 0. The largest absolute Gasteiger partial charge is 0.477 e. The molecule has 1 atom stereocenters. The standard InChI is InChI=1S/C7H14O3S2/c1-12-7(11)10-5-6-4-8-2-3-9-6/h6H,2-5,12H2,1H3/t6-/m1/s1. The molecule has 0 unspecified atom stereocenters. The van der Waals surface area contributed by atoms with Gasteiger partial charge in [0.05, 0.1) is 19.8 Å². The van der Waals surface area contributed by atoms with E-state index >= 15 is 0 Å². The second kappa shape index (κ2) is 5.75. The van der Waals surface area contributed by atoms with E-state index in [2.05, 4.69) is 0 Å².